The molecule has 4 aromatic rings. The number of carbonyl (C=O) groups is 2. The van der Waals surface area contributed by atoms with Crippen molar-refractivity contribution in [3.05, 3.63) is 84.6 Å². The average Bonchev–Trinajstić information content (AvgIpc) is 3.38. The van der Waals surface area contributed by atoms with E-state index in [1.807, 2.05) is 53.3 Å². The Hall–Kier alpha value is -4.57. The number of ether oxygens (including phenoxy) is 1. The van der Waals surface area contributed by atoms with Crippen molar-refractivity contribution in [3.63, 3.8) is 0 Å². The van der Waals surface area contributed by atoms with Gasteiger partial charge in [-0.25, -0.2) is 19.1 Å². The first-order valence-electron chi connectivity index (χ1n) is 12.0. The van der Waals surface area contributed by atoms with Crippen LogP contribution in [-0.2, 0) is 20.9 Å². The zero-order chi connectivity index (χ0) is 30.9. The fourth-order valence-electron chi connectivity index (χ4n) is 3.56. The van der Waals surface area contributed by atoms with E-state index in [1.54, 1.807) is 0 Å². The summed E-state index contributed by atoms with van der Waals surface area (Å²) in [6, 6.07) is 20.4. The van der Waals surface area contributed by atoms with Gasteiger partial charge in [0, 0.05) is 37.6 Å². The van der Waals surface area contributed by atoms with Crippen LogP contribution < -0.4 is 0 Å². The van der Waals surface area contributed by atoms with Gasteiger partial charge in [0.15, 0.2) is 11.5 Å². The second kappa shape index (κ2) is 13.9. The Balaban J connectivity index is 0.000000289. The van der Waals surface area contributed by atoms with Crippen molar-refractivity contribution in [2.75, 3.05) is 19.7 Å². The Bertz CT molecular complexity index is 1440. The monoisotopic (exact) mass is 599 g/mol. The number of hydrogen-bond acceptors (Lipinski definition) is 7. The van der Waals surface area contributed by atoms with E-state index < -0.39 is 24.3 Å². The van der Waals surface area contributed by atoms with E-state index in [0.717, 1.165) is 47.9 Å². The minimum absolute atomic E-state index is 0.127. The summed E-state index contributed by atoms with van der Waals surface area (Å²) in [5.41, 5.74) is 4.18. The number of aromatic nitrogens is 4. The zero-order valence-electron chi connectivity index (χ0n) is 21.5. The highest BCUT2D eigenvalue weighted by atomic mass is 19.4. The van der Waals surface area contributed by atoms with E-state index in [4.69, 9.17) is 34.6 Å². The summed E-state index contributed by atoms with van der Waals surface area (Å²) in [6.45, 7) is 3.13. The van der Waals surface area contributed by atoms with E-state index in [9.17, 15) is 26.3 Å². The molecule has 0 spiro atoms. The fraction of sp³-hybridized carbons (Fsp3) is 0.269. The van der Waals surface area contributed by atoms with Gasteiger partial charge in [0.25, 0.3) is 0 Å². The number of nitrogens with zero attached hydrogens (tertiary/aromatic N) is 5. The first-order chi connectivity index (χ1) is 19.7. The van der Waals surface area contributed by atoms with E-state index in [2.05, 4.69) is 34.1 Å². The Kier molecular flexibility index (Phi) is 10.5. The SMILES string of the molecule is O=C(O)C(F)(F)F.O=C(O)C(F)(F)F.c1ccc(-c2ccc3nc(C4CN(Cc5ccccn5)CCO4)nn3c2)cc1. The van der Waals surface area contributed by atoms with Gasteiger partial charge in [-0.1, -0.05) is 36.4 Å². The zero-order valence-corrected chi connectivity index (χ0v) is 21.5. The maximum Gasteiger partial charge on any atom is 0.490 e. The van der Waals surface area contributed by atoms with Crippen LogP contribution in [-0.4, -0.2) is 78.7 Å². The van der Waals surface area contributed by atoms with Crippen LogP contribution in [0.4, 0.5) is 26.3 Å². The lowest BCUT2D eigenvalue weighted by atomic mass is 10.1. The second-order valence-corrected chi connectivity index (χ2v) is 8.58. The van der Waals surface area contributed by atoms with Crippen LogP contribution in [0.5, 0.6) is 0 Å². The van der Waals surface area contributed by atoms with Crippen LogP contribution in [0.15, 0.2) is 73.1 Å². The number of pyridine rings is 2. The average molecular weight is 599 g/mol. The number of morpholine rings is 1. The third-order valence-corrected chi connectivity index (χ3v) is 5.49. The van der Waals surface area contributed by atoms with Crippen molar-refractivity contribution in [1.29, 1.82) is 0 Å². The lowest BCUT2D eigenvalue weighted by Gasteiger charge is -2.31. The van der Waals surface area contributed by atoms with Gasteiger partial charge in [0.05, 0.1) is 12.3 Å². The third kappa shape index (κ3) is 9.52. The second-order valence-electron chi connectivity index (χ2n) is 8.58. The van der Waals surface area contributed by atoms with Crippen LogP contribution >= 0.6 is 0 Å². The minimum atomic E-state index is -5.08. The molecule has 10 nitrogen and oxygen atoms in total. The fourth-order valence-corrected chi connectivity index (χ4v) is 3.56. The number of carboxylic acid groups (broad SMARTS) is 2. The van der Waals surface area contributed by atoms with Crippen molar-refractivity contribution in [1.82, 2.24) is 24.5 Å². The minimum Gasteiger partial charge on any atom is -0.475 e. The molecule has 0 saturated carbocycles. The lowest BCUT2D eigenvalue weighted by molar-refractivity contribution is -0.193. The maximum absolute atomic E-state index is 10.6. The number of aliphatic carboxylic acids is 2. The highest BCUT2D eigenvalue weighted by Crippen LogP contribution is 2.23. The largest absolute Gasteiger partial charge is 0.490 e. The van der Waals surface area contributed by atoms with Gasteiger partial charge in [-0.05, 0) is 29.8 Å². The van der Waals surface area contributed by atoms with Crippen molar-refractivity contribution in [2.24, 2.45) is 0 Å². The molecule has 224 valence electrons. The standard InChI is InChI=1S/C22H21N5O.2C2HF3O2/c1-2-6-17(7-3-1)18-9-10-21-24-22(25-27(21)14-18)20-16-26(12-13-28-20)15-19-8-4-5-11-23-19;2*3-2(4,5)1(6)7/h1-11,14,20H,12-13,15-16H2;2*(H,6,7). The van der Waals surface area contributed by atoms with E-state index in [-0.39, 0.29) is 6.10 Å². The summed E-state index contributed by atoms with van der Waals surface area (Å²) in [4.78, 5) is 29.3. The van der Waals surface area contributed by atoms with Crippen LogP contribution in [0.3, 0.4) is 0 Å². The normalized spacial score (nSPS) is 15.6. The summed E-state index contributed by atoms with van der Waals surface area (Å²) in [6.07, 6.45) is -6.44. The summed E-state index contributed by atoms with van der Waals surface area (Å²) in [5.74, 6) is -4.78. The molecule has 0 bridgehead atoms. The van der Waals surface area contributed by atoms with E-state index >= 15 is 0 Å². The van der Waals surface area contributed by atoms with E-state index in [1.165, 1.54) is 0 Å². The molecule has 0 radical (unpaired) electrons. The molecule has 1 fully saturated rings. The summed E-state index contributed by atoms with van der Waals surface area (Å²) in [7, 11) is 0. The van der Waals surface area contributed by atoms with Crippen LogP contribution in [0.1, 0.15) is 17.6 Å². The van der Waals surface area contributed by atoms with Gasteiger partial charge >= 0.3 is 24.3 Å². The Morgan fingerprint density at radius 3 is 2.07 bits per heavy atom. The van der Waals surface area contributed by atoms with Crippen LogP contribution in [0, 0.1) is 0 Å². The quantitative estimate of drug-likeness (QED) is 0.323. The molecular weight excluding hydrogens is 576 g/mol. The number of halogens is 6. The molecule has 16 heteroatoms. The molecule has 5 rings (SSSR count). The molecule has 1 unspecified atom stereocenters. The number of benzene rings is 1. The van der Waals surface area contributed by atoms with Gasteiger partial charge in [0.2, 0.25) is 0 Å². The van der Waals surface area contributed by atoms with Gasteiger partial charge in [-0.3, -0.25) is 9.88 Å². The Morgan fingerprint density at radius 1 is 0.881 bits per heavy atom. The van der Waals surface area contributed by atoms with Crippen molar-refractivity contribution < 1.29 is 50.9 Å². The number of hydrogen-bond donors (Lipinski definition) is 2. The molecule has 1 atom stereocenters. The molecule has 4 heterocycles. The number of carboxylic acids is 2. The van der Waals surface area contributed by atoms with Gasteiger partial charge in [0.1, 0.15) is 6.10 Å². The molecular formula is C26H23F6N5O5. The molecule has 0 amide bonds. The number of rotatable bonds is 4. The molecule has 1 aliphatic rings. The Morgan fingerprint density at radius 2 is 1.50 bits per heavy atom. The first kappa shape index (κ1) is 32.0. The third-order valence-electron chi connectivity index (χ3n) is 5.49. The van der Waals surface area contributed by atoms with Crippen LogP contribution in [0.2, 0.25) is 0 Å². The molecule has 0 aliphatic carbocycles. The van der Waals surface area contributed by atoms with Crippen LogP contribution in [0.25, 0.3) is 16.8 Å². The number of fused-ring (bicyclic) bond motifs is 1. The molecule has 2 N–H and O–H groups in total. The van der Waals surface area contributed by atoms with Crippen molar-refractivity contribution >= 4 is 17.6 Å². The summed E-state index contributed by atoms with van der Waals surface area (Å²) in [5, 5.41) is 19.0. The topological polar surface area (TPSA) is 130 Å². The molecule has 42 heavy (non-hydrogen) atoms. The Labute approximate surface area is 233 Å². The molecule has 1 aliphatic heterocycles. The van der Waals surface area contributed by atoms with Gasteiger partial charge in [-0.2, -0.15) is 26.3 Å². The molecule has 1 aromatic carbocycles. The molecule has 3 aromatic heterocycles. The first-order valence-corrected chi connectivity index (χ1v) is 12.0. The number of alkyl halides is 6. The highest BCUT2D eigenvalue weighted by Gasteiger charge is 2.38. The van der Waals surface area contributed by atoms with Crippen molar-refractivity contribution in [3.8, 4) is 11.1 Å². The van der Waals surface area contributed by atoms with Crippen molar-refractivity contribution in [2.45, 2.75) is 25.0 Å². The van der Waals surface area contributed by atoms with Gasteiger partial charge < -0.3 is 14.9 Å². The molecule has 1 saturated heterocycles. The smallest absolute Gasteiger partial charge is 0.475 e. The predicted molar refractivity (Wildman–Crippen MR) is 134 cm³/mol. The van der Waals surface area contributed by atoms with E-state index in [0.29, 0.717) is 6.61 Å². The maximum atomic E-state index is 10.6. The van der Waals surface area contributed by atoms with Gasteiger partial charge in [-0.15, -0.1) is 5.10 Å². The summed E-state index contributed by atoms with van der Waals surface area (Å²) >= 11 is 0. The summed E-state index contributed by atoms with van der Waals surface area (Å²) < 4.78 is 71.3. The highest BCUT2D eigenvalue weighted by molar-refractivity contribution is 5.73. The predicted octanol–water partition coefficient (Wildman–Crippen LogP) is 4.63. The lowest BCUT2D eigenvalue weighted by Crippen LogP contribution is -2.38.